The quantitative estimate of drug-likeness (QED) is 0.565. The second-order valence-corrected chi connectivity index (χ2v) is 4.14. The Kier molecular flexibility index (Phi) is 3.95. The molecule has 0 fully saturated rings. The molecule has 0 aliphatic heterocycles. The van der Waals surface area contributed by atoms with Crippen LogP contribution in [0.3, 0.4) is 0 Å². The summed E-state index contributed by atoms with van der Waals surface area (Å²) in [5.41, 5.74) is 3.80. The maximum absolute atomic E-state index is 3.54. The maximum atomic E-state index is 3.54. The van der Waals surface area contributed by atoms with Crippen LogP contribution >= 0.6 is 15.9 Å². The topological polar surface area (TPSA) is 0 Å². The average Bonchev–Trinajstić information content (AvgIpc) is 2.38. The Hall–Kier alpha value is -1.34. The van der Waals surface area contributed by atoms with Crippen molar-refractivity contribution in [3.8, 4) is 0 Å². The number of alkyl halides is 1. The van der Waals surface area contributed by atoms with Crippen LogP contribution in [0.25, 0.3) is 11.6 Å². The molecular weight excluding hydrogens is 260 g/mol. The highest BCUT2D eigenvalue weighted by molar-refractivity contribution is 9.09. The van der Waals surface area contributed by atoms with Gasteiger partial charge in [0.15, 0.2) is 0 Å². The molecule has 0 aromatic heterocycles. The molecule has 2 aromatic rings. The van der Waals surface area contributed by atoms with Gasteiger partial charge >= 0.3 is 0 Å². The summed E-state index contributed by atoms with van der Waals surface area (Å²) in [7, 11) is 0. The zero-order chi connectivity index (χ0) is 11.2. The van der Waals surface area contributed by atoms with E-state index in [1.807, 2.05) is 12.1 Å². The first kappa shape index (κ1) is 11.2. The number of rotatable bonds is 3. The highest BCUT2D eigenvalue weighted by Gasteiger charge is 1.98. The molecule has 2 rings (SSSR count). The molecule has 0 nitrogen and oxygen atoms in total. The molecule has 0 aliphatic rings. The molecule has 0 heterocycles. The smallest absolute Gasteiger partial charge is 0.0289 e. The van der Waals surface area contributed by atoms with Gasteiger partial charge in [-0.25, -0.2) is 0 Å². The molecule has 0 atom stereocenters. The molecule has 0 spiro atoms. The molecule has 0 amide bonds. The number of benzene rings is 2. The van der Waals surface area contributed by atoms with E-state index in [1.165, 1.54) is 16.7 Å². The van der Waals surface area contributed by atoms with Gasteiger partial charge in [0.2, 0.25) is 0 Å². The predicted octanol–water partition coefficient (Wildman–Crippen LogP) is 4.62. The van der Waals surface area contributed by atoms with Gasteiger partial charge in [-0.1, -0.05) is 82.7 Å². The van der Waals surface area contributed by atoms with E-state index in [1.54, 1.807) is 0 Å². The van der Waals surface area contributed by atoms with E-state index in [2.05, 4.69) is 70.5 Å². The molecular formula is C15H13Br. The molecule has 1 heteroatoms. The summed E-state index contributed by atoms with van der Waals surface area (Å²) in [6.45, 7) is 0. The Bertz CT molecular complexity index is 457. The van der Waals surface area contributed by atoms with Crippen LogP contribution < -0.4 is 0 Å². The summed E-state index contributed by atoms with van der Waals surface area (Å²) in [4.78, 5) is 0. The minimum Gasteiger partial charge on any atom is -0.0876 e. The normalized spacial score (nSPS) is 11.4. The van der Waals surface area contributed by atoms with Crippen molar-refractivity contribution in [3.05, 3.63) is 71.8 Å². The van der Waals surface area contributed by atoms with E-state index < -0.39 is 0 Å². The van der Waals surface area contributed by atoms with Crippen LogP contribution in [0.1, 0.15) is 11.1 Å². The Labute approximate surface area is 105 Å². The summed E-state index contributed by atoms with van der Waals surface area (Å²) in [6, 6.07) is 20.8. The van der Waals surface area contributed by atoms with Crippen molar-refractivity contribution in [3.63, 3.8) is 0 Å². The first-order valence-corrected chi connectivity index (χ1v) is 6.39. The monoisotopic (exact) mass is 272 g/mol. The van der Waals surface area contributed by atoms with E-state index in [-0.39, 0.29) is 0 Å². The van der Waals surface area contributed by atoms with Crippen molar-refractivity contribution < 1.29 is 0 Å². The maximum Gasteiger partial charge on any atom is 0.0289 e. The number of hydrogen-bond donors (Lipinski definition) is 0. The van der Waals surface area contributed by atoms with Crippen LogP contribution in [-0.4, -0.2) is 5.33 Å². The minimum atomic E-state index is 0.867. The van der Waals surface area contributed by atoms with Crippen molar-refractivity contribution in [1.82, 2.24) is 0 Å². The lowest BCUT2D eigenvalue weighted by Crippen LogP contribution is -1.85. The Morgan fingerprint density at radius 1 is 0.875 bits per heavy atom. The first-order chi connectivity index (χ1) is 7.90. The molecule has 0 saturated carbocycles. The second-order valence-electron chi connectivity index (χ2n) is 3.58. The fraction of sp³-hybridized carbons (Fsp3) is 0.0667. The van der Waals surface area contributed by atoms with Gasteiger partial charge in [0, 0.05) is 5.33 Å². The third-order valence-corrected chi connectivity index (χ3v) is 3.03. The number of halogens is 1. The Morgan fingerprint density at radius 3 is 2.00 bits per heavy atom. The van der Waals surface area contributed by atoms with Crippen molar-refractivity contribution in [2.45, 2.75) is 0 Å². The molecule has 16 heavy (non-hydrogen) atoms. The van der Waals surface area contributed by atoms with Gasteiger partial charge in [0.1, 0.15) is 0 Å². The van der Waals surface area contributed by atoms with E-state index in [9.17, 15) is 0 Å². The van der Waals surface area contributed by atoms with Crippen LogP contribution in [0.2, 0.25) is 0 Å². The van der Waals surface area contributed by atoms with Crippen molar-refractivity contribution >= 4 is 27.6 Å². The Balaban J connectivity index is 2.34. The molecule has 0 N–H and O–H groups in total. The molecule has 2 aromatic carbocycles. The van der Waals surface area contributed by atoms with Gasteiger partial charge in [0.25, 0.3) is 0 Å². The van der Waals surface area contributed by atoms with E-state index in [4.69, 9.17) is 0 Å². The highest BCUT2D eigenvalue weighted by Crippen LogP contribution is 2.19. The van der Waals surface area contributed by atoms with E-state index in [0.717, 1.165) is 5.33 Å². The predicted molar refractivity (Wildman–Crippen MR) is 74.5 cm³/mol. The van der Waals surface area contributed by atoms with Crippen LogP contribution in [-0.2, 0) is 0 Å². The minimum absolute atomic E-state index is 0.867. The zero-order valence-corrected chi connectivity index (χ0v) is 10.5. The fourth-order valence-corrected chi connectivity index (χ4v) is 2.09. The van der Waals surface area contributed by atoms with Crippen LogP contribution in [0, 0.1) is 0 Å². The molecule has 0 radical (unpaired) electrons. The first-order valence-electron chi connectivity index (χ1n) is 5.27. The largest absolute Gasteiger partial charge is 0.0876 e. The van der Waals surface area contributed by atoms with E-state index >= 15 is 0 Å². The number of allylic oxidation sites excluding steroid dienone is 1. The second kappa shape index (κ2) is 5.66. The van der Waals surface area contributed by atoms with Gasteiger partial charge in [-0.05, 0) is 16.7 Å². The third kappa shape index (κ3) is 2.83. The lowest BCUT2D eigenvalue weighted by molar-refractivity contribution is 1.58. The van der Waals surface area contributed by atoms with Gasteiger partial charge in [-0.3, -0.25) is 0 Å². The molecule has 0 unspecified atom stereocenters. The summed E-state index contributed by atoms with van der Waals surface area (Å²) in [5, 5.41) is 0.867. The standard InChI is InChI=1S/C15H13Br/c16-12-15(14-9-5-2-6-10-14)11-13-7-3-1-4-8-13/h1-11H,12H2. The summed E-state index contributed by atoms with van der Waals surface area (Å²) in [6.07, 6.45) is 2.21. The number of hydrogen-bond acceptors (Lipinski definition) is 0. The molecule has 80 valence electrons. The SMILES string of the molecule is BrCC(=Cc1ccccc1)c1ccccc1. The fourth-order valence-electron chi connectivity index (χ4n) is 1.60. The summed E-state index contributed by atoms with van der Waals surface area (Å²) < 4.78 is 0. The van der Waals surface area contributed by atoms with Gasteiger partial charge in [0.05, 0.1) is 0 Å². The lowest BCUT2D eigenvalue weighted by Gasteiger charge is -2.04. The Morgan fingerprint density at radius 2 is 1.44 bits per heavy atom. The van der Waals surface area contributed by atoms with Crippen molar-refractivity contribution in [1.29, 1.82) is 0 Å². The lowest BCUT2D eigenvalue weighted by atomic mass is 10.0. The van der Waals surface area contributed by atoms with Gasteiger partial charge in [-0.2, -0.15) is 0 Å². The van der Waals surface area contributed by atoms with Crippen molar-refractivity contribution in [2.75, 3.05) is 5.33 Å². The van der Waals surface area contributed by atoms with Crippen LogP contribution in [0.15, 0.2) is 60.7 Å². The molecule has 0 bridgehead atoms. The molecule has 0 aliphatic carbocycles. The highest BCUT2D eigenvalue weighted by atomic mass is 79.9. The van der Waals surface area contributed by atoms with Crippen LogP contribution in [0.5, 0.6) is 0 Å². The summed E-state index contributed by atoms with van der Waals surface area (Å²) >= 11 is 3.54. The van der Waals surface area contributed by atoms with Gasteiger partial charge < -0.3 is 0 Å². The van der Waals surface area contributed by atoms with Crippen molar-refractivity contribution in [2.24, 2.45) is 0 Å². The van der Waals surface area contributed by atoms with Crippen LogP contribution in [0.4, 0.5) is 0 Å². The zero-order valence-electron chi connectivity index (χ0n) is 8.94. The average molecular weight is 273 g/mol. The van der Waals surface area contributed by atoms with E-state index in [0.29, 0.717) is 0 Å². The van der Waals surface area contributed by atoms with Gasteiger partial charge in [-0.15, -0.1) is 0 Å². The molecule has 0 saturated heterocycles. The third-order valence-electron chi connectivity index (χ3n) is 2.43. The summed E-state index contributed by atoms with van der Waals surface area (Å²) in [5.74, 6) is 0.